The van der Waals surface area contributed by atoms with Gasteiger partial charge in [-0.15, -0.1) is 5.10 Å². The van der Waals surface area contributed by atoms with Crippen LogP contribution in [0.2, 0.25) is 0 Å². The zero-order valence-corrected chi connectivity index (χ0v) is 10.6. The Kier molecular flexibility index (Phi) is 4.23. The van der Waals surface area contributed by atoms with Crippen molar-refractivity contribution < 1.29 is 0 Å². The number of nitrogens with one attached hydrogen (secondary N) is 1. The van der Waals surface area contributed by atoms with Crippen LogP contribution in [0.5, 0.6) is 0 Å². The van der Waals surface area contributed by atoms with Crippen molar-refractivity contribution in [3.8, 4) is 0 Å². The minimum absolute atomic E-state index is 0.600. The van der Waals surface area contributed by atoms with Crippen LogP contribution >= 0.6 is 11.8 Å². The van der Waals surface area contributed by atoms with E-state index in [9.17, 15) is 0 Å². The molecule has 1 saturated carbocycles. The SMILES string of the molecule is Cc1nc(SC2CCCCCC2CN)n[nH]1. The number of hydrogen-bond acceptors (Lipinski definition) is 4. The van der Waals surface area contributed by atoms with Crippen molar-refractivity contribution in [3.05, 3.63) is 5.82 Å². The lowest BCUT2D eigenvalue weighted by molar-refractivity contribution is 0.483. The maximum atomic E-state index is 5.86. The van der Waals surface area contributed by atoms with Crippen LogP contribution < -0.4 is 5.73 Å². The van der Waals surface area contributed by atoms with Crippen molar-refractivity contribution in [2.24, 2.45) is 11.7 Å². The van der Waals surface area contributed by atoms with Crippen LogP contribution in [0.3, 0.4) is 0 Å². The van der Waals surface area contributed by atoms with Crippen LogP contribution in [0.25, 0.3) is 0 Å². The molecule has 16 heavy (non-hydrogen) atoms. The van der Waals surface area contributed by atoms with Gasteiger partial charge in [0.1, 0.15) is 5.82 Å². The second-order valence-electron chi connectivity index (χ2n) is 4.49. The molecule has 1 heterocycles. The third-order valence-electron chi connectivity index (χ3n) is 3.23. The molecule has 1 aliphatic rings. The smallest absolute Gasteiger partial charge is 0.208 e. The lowest BCUT2D eigenvalue weighted by Gasteiger charge is -2.21. The summed E-state index contributed by atoms with van der Waals surface area (Å²) in [6.07, 6.45) is 6.50. The molecule has 1 fully saturated rings. The summed E-state index contributed by atoms with van der Waals surface area (Å²) in [7, 11) is 0. The molecule has 0 radical (unpaired) electrons. The Labute approximate surface area is 101 Å². The first-order valence-corrected chi connectivity index (χ1v) is 6.93. The third kappa shape index (κ3) is 2.98. The molecule has 1 aromatic heterocycles. The number of rotatable bonds is 3. The number of hydrogen-bond donors (Lipinski definition) is 2. The number of nitrogens with zero attached hydrogens (tertiary/aromatic N) is 2. The molecule has 1 aromatic rings. The van der Waals surface area contributed by atoms with Crippen molar-refractivity contribution in [2.75, 3.05) is 6.54 Å². The van der Waals surface area contributed by atoms with Crippen LogP contribution in [-0.2, 0) is 0 Å². The van der Waals surface area contributed by atoms with Gasteiger partial charge in [0.25, 0.3) is 0 Å². The van der Waals surface area contributed by atoms with Gasteiger partial charge in [-0.25, -0.2) is 4.98 Å². The first kappa shape index (κ1) is 11.9. The molecule has 0 bridgehead atoms. The molecule has 2 atom stereocenters. The molecule has 1 aliphatic carbocycles. The van der Waals surface area contributed by atoms with Crippen molar-refractivity contribution in [1.29, 1.82) is 0 Å². The molecule has 0 aromatic carbocycles. The monoisotopic (exact) mass is 240 g/mol. The van der Waals surface area contributed by atoms with E-state index < -0.39 is 0 Å². The van der Waals surface area contributed by atoms with Crippen LogP contribution in [0.4, 0.5) is 0 Å². The van der Waals surface area contributed by atoms with Crippen LogP contribution in [0, 0.1) is 12.8 Å². The second-order valence-corrected chi connectivity index (χ2v) is 5.70. The maximum Gasteiger partial charge on any atom is 0.208 e. The van der Waals surface area contributed by atoms with Gasteiger partial charge in [0, 0.05) is 5.25 Å². The average Bonchev–Trinajstić information content (AvgIpc) is 2.56. The summed E-state index contributed by atoms with van der Waals surface area (Å²) in [5.41, 5.74) is 5.86. The predicted molar refractivity (Wildman–Crippen MR) is 66.4 cm³/mol. The Hall–Kier alpha value is -0.550. The normalized spacial score (nSPS) is 26.6. The van der Waals surface area contributed by atoms with Gasteiger partial charge in [-0.2, -0.15) is 0 Å². The molecule has 2 unspecified atom stereocenters. The molecule has 0 aliphatic heterocycles. The first-order chi connectivity index (χ1) is 7.79. The predicted octanol–water partition coefficient (Wildman–Crippen LogP) is 2.11. The largest absolute Gasteiger partial charge is 0.330 e. The van der Waals surface area contributed by atoms with Crippen LogP contribution in [0.15, 0.2) is 5.16 Å². The standard InChI is InChI=1S/C11H20N4S/c1-8-13-11(15-14-8)16-10-6-4-2-3-5-9(10)7-12/h9-10H,2-7,12H2,1H3,(H,13,14,15). The molecule has 5 heteroatoms. The van der Waals surface area contributed by atoms with E-state index in [1.54, 1.807) is 11.8 Å². The number of nitrogens with two attached hydrogens (primary N) is 1. The van der Waals surface area contributed by atoms with E-state index in [1.807, 2.05) is 6.92 Å². The highest BCUT2D eigenvalue weighted by molar-refractivity contribution is 7.99. The lowest BCUT2D eigenvalue weighted by Crippen LogP contribution is -2.24. The second kappa shape index (κ2) is 5.68. The van der Waals surface area contributed by atoms with Gasteiger partial charge in [0.2, 0.25) is 5.16 Å². The van der Waals surface area contributed by atoms with E-state index in [0.29, 0.717) is 11.2 Å². The highest BCUT2D eigenvalue weighted by atomic mass is 32.2. The quantitative estimate of drug-likeness (QED) is 0.794. The topological polar surface area (TPSA) is 67.6 Å². The molecule has 0 spiro atoms. The van der Waals surface area contributed by atoms with E-state index in [0.717, 1.165) is 17.5 Å². The van der Waals surface area contributed by atoms with Gasteiger partial charge in [-0.05, 0) is 32.2 Å². The van der Waals surface area contributed by atoms with E-state index >= 15 is 0 Å². The number of H-pyrrole nitrogens is 1. The summed E-state index contributed by atoms with van der Waals surface area (Å²) in [5.74, 6) is 1.52. The summed E-state index contributed by atoms with van der Waals surface area (Å²) >= 11 is 1.80. The molecule has 2 rings (SSSR count). The Bertz CT molecular complexity index is 326. The van der Waals surface area contributed by atoms with Gasteiger partial charge in [0.05, 0.1) is 0 Å². The van der Waals surface area contributed by atoms with Crippen LogP contribution in [-0.4, -0.2) is 27.0 Å². The number of aryl methyl sites for hydroxylation is 1. The van der Waals surface area contributed by atoms with Gasteiger partial charge in [-0.1, -0.05) is 31.0 Å². The Morgan fingerprint density at radius 2 is 2.19 bits per heavy atom. The van der Waals surface area contributed by atoms with Gasteiger partial charge in [0.15, 0.2) is 0 Å². The summed E-state index contributed by atoms with van der Waals surface area (Å²) in [4.78, 5) is 4.36. The van der Waals surface area contributed by atoms with Crippen LogP contribution in [0.1, 0.15) is 37.9 Å². The molecule has 0 saturated heterocycles. The molecule has 4 nitrogen and oxygen atoms in total. The fraction of sp³-hybridized carbons (Fsp3) is 0.818. The number of thioether (sulfide) groups is 1. The Balaban J connectivity index is 1.99. The molecular formula is C11H20N4S. The fourth-order valence-electron chi connectivity index (χ4n) is 2.29. The van der Waals surface area contributed by atoms with Crippen molar-refractivity contribution >= 4 is 11.8 Å². The number of aromatic amines is 1. The number of aromatic nitrogens is 3. The van der Waals surface area contributed by atoms with Crippen molar-refractivity contribution in [3.63, 3.8) is 0 Å². The van der Waals surface area contributed by atoms with E-state index in [1.165, 1.54) is 32.1 Å². The third-order valence-corrected chi connectivity index (χ3v) is 4.54. The summed E-state index contributed by atoms with van der Waals surface area (Å²) < 4.78 is 0. The van der Waals surface area contributed by atoms with Gasteiger partial charge < -0.3 is 5.73 Å². The minimum Gasteiger partial charge on any atom is -0.330 e. The van der Waals surface area contributed by atoms with E-state index in [2.05, 4.69) is 15.2 Å². The van der Waals surface area contributed by atoms with Crippen molar-refractivity contribution in [1.82, 2.24) is 15.2 Å². The average molecular weight is 240 g/mol. The van der Waals surface area contributed by atoms with E-state index in [-0.39, 0.29) is 0 Å². The van der Waals surface area contributed by atoms with E-state index in [4.69, 9.17) is 5.73 Å². The van der Waals surface area contributed by atoms with Gasteiger partial charge in [-0.3, -0.25) is 5.10 Å². The summed E-state index contributed by atoms with van der Waals surface area (Å²) in [6, 6.07) is 0. The Morgan fingerprint density at radius 3 is 2.88 bits per heavy atom. The zero-order chi connectivity index (χ0) is 11.4. The fourth-order valence-corrected chi connectivity index (χ4v) is 3.57. The molecule has 90 valence electrons. The molecular weight excluding hydrogens is 220 g/mol. The maximum absolute atomic E-state index is 5.86. The summed E-state index contributed by atoms with van der Waals surface area (Å²) in [6.45, 7) is 2.73. The van der Waals surface area contributed by atoms with Crippen molar-refractivity contribution in [2.45, 2.75) is 49.4 Å². The highest BCUT2D eigenvalue weighted by Crippen LogP contribution is 2.34. The van der Waals surface area contributed by atoms with Gasteiger partial charge >= 0.3 is 0 Å². The first-order valence-electron chi connectivity index (χ1n) is 6.05. The molecule has 0 amide bonds. The Morgan fingerprint density at radius 1 is 1.38 bits per heavy atom. The summed E-state index contributed by atoms with van der Waals surface area (Å²) in [5, 5.41) is 8.57. The highest BCUT2D eigenvalue weighted by Gasteiger charge is 2.24. The minimum atomic E-state index is 0.600. The lowest BCUT2D eigenvalue weighted by atomic mass is 10.0. The zero-order valence-electron chi connectivity index (χ0n) is 9.78. The molecule has 3 N–H and O–H groups in total.